The van der Waals surface area contributed by atoms with Crippen molar-refractivity contribution in [2.75, 3.05) is 25.7 Å². The van der Waals surface area contributed by atoms with E-state index in [1.807, 2.05) is 49.1 Å². The number of anilines is 1. The van der Waals surface area contributed by atoms with Gasteiger partial charge in [-0.05, 0) is 85.7 Å². The minimum absolute atomic E-state index is 0.0317. The summed E-state index contributed by atoms with van der Waals surface area (Å²) in [5.41, 5.74) is 11.7. The number of rotatable bonds is 5. The van der Waals surface area contributed by atoms with Gasteiger partial charge in [0, 0.05) is 12.2 Å². The van der Waals surface area contributed by atoms with Gasteiger partial charge in [0.25, 0.3) is 0 Å². The van der Waals surface area contributed by atoms with Crippen molar-refractivity contribution in [1.29, 1.82) is 0 Å². The Balaban J connectivity index is 1.81. The highest BCUT2D eigenvalue weighted by molar-refractivity contribution is 5.98. The number of hydrogen-bond acceptors (Lipinski definition) is 4. The van der Waals surface area contributed by atoms with E-state index in [1.165, 1.54) is 0 Å². The number of hydrogen-bond donors (Lipinski definition) is 1. The predicted octanol–water partition coefficient (Wildman–Crippen LogP) is 3.17. The maximum absolute atomic E-state index is 13.1. The van der Waals surface area contributed by atoms with Crippen LogP contribution in [-0.2, 0) is 17.6 Å². The normalized spacial score (nSPS) is 14.5. The molecule has 0 bridgehead atoms. The van der Waals surface area contributed by atoms with Crippen LogP contribution in [0.4, 0.5) is 5.69 Å². The average molecular weight is 368 g/mol. The molecular formula is C22H28N2O3. The molecule has 0 aromatic heterocycles. The minimum atomic E-state index is -0.580. The second kappa shape index (κ2) is 8.01. The highest BCUT2D eigenvalue weighted by Gasteiger charge is 2.27. The zero-order chi connectivity index (χ0) is 19.6. The van der Waals surface area contributed by atoms with E-state index >= 15 is 0 Å². The van der Waals surface area contributed by atoms with Crippen LogP contribution in [0.15, 0.2) is 30.3 Å². The van der Waals surface area contributed by atoms with Crippen molar-refractivity contribution in [2.24, 2.45) is 5.73 Å². The summed E-state index contributed by atoms with van der Waals surface area (Å²) in [6, 6.07) is 9.27. The van der Waals surface area contributed by atoms with Gasteiger partial charge in [-0.3, -0.25) is 4.79 Å². The molecule has 0 aliphatic carbocycles. The van der Waals surface area contributed by atoms with Gasteiger partial charge in [-0.15, -0.1) is 0 Å². The summed E-state index contributed by atoms with van der Waals surface area (Å²) in [6.45, 7) is 4.77. The predicted molar refractivity (Wildman–Crippen MR) is 108 cm³/mol. The minimum Gasteiger partial charge on any atom is -0.497 e. The summed E-state index contributed by atoms with van der Waals surface area (Å²) in [7, 11) is 3.31. The molecule has 2 aromatic carbocycles. The molecule has 1 aliphatic heterocycles. The number of nitrogens with two attached hydrogens (primary N) is 1. The Morgan fingerprint density at radius 2 is 1.78 bits per heavy atom. The maximum Gasteiger partial charge on any atom is 0.244 e. The molecule has 0 fully saturated rings. The van der Waals surface area contributed by atoms with Crippen LogP contribution in [0.5, 0.6) is 11.5 Å². The Morgan fingerprint density at radius 3 is 2.41 bits per heavy atom. The second-order valence-corrected chi connectivity index (χ2v) is 7.14. The van der Waals surface area contributed by atoms with Gasteiger partial charge in [0.05, 0.1) is 20.3 Å². The lowest BCUT2D eigenvalue weighted by molar-refractivity contribution is -0.119. The first-order valence-corrected chi connectivity index (χ1v) is 9.32. The second-order valence-electron chi connectivity index (χ2n) is 7.14. The van der Waals surface area contributed by atoms with Crippen LogP contribution in [-0.4, -0.2) is 32.7 Å². The molecule has 1 heterocycles. The van der Waals surface area contributed by atoms with Crippen molar-refractivity contribution >= 4 is 11.6 Å². The van der Waals surface area contributed by atoms with E-state index in [9.17, 15) is 4.79 Å². The third-order valence-electron chi connectivity index (χ3n) is 5.32. The largest absolute Gasteiger partial charge is 0.497 e. The van der Waals surface area contributed by atoms with E-state index in [0.29, 0.717) is 13.0 Å². The van der Waals surface area contributed by atoms with Crippen molar-refractivity contribution in [3.8, 4) is 11.5 Å². The van der Waals surface area contributed by atoms with Crippen molar-refractivity contribution in [2.45, 2.75) is 39.2 Å². The summed E-state index contributed by atoms with van der Waals surface area (Å²) in [4.78, 5) is 14.9. The van der Waals surface area contributed by atoms with Gasteiger partial charge in [-0.1, -0.05) is 0 Å². The van der Waals surface area contributed by atoms with E-state index in [-0.39, 0.29) is 5.91 Å². The average Bonchev–Trinajstić information content (AvgIpc) is 2.68. The van der Waals surface area contributed by atoms with Crippen LogP contribution in [0.2, 0.25) is 0 Å². The number of aryl methyl sites for hydroxylation is 3. The Labute approximate surface area is 161 Å². The number of amides is 1. The number of carbonyl (C=O) groups is 1. The lowest BCUT2D eigenvalue weighted by Crippen LogP contribution is -2.47. The van der Waals surface area contributed by atoms with Gasteiger partial charge in [-0.25, -0.2) is 0 Å². The molecule has 0 radical (unpaired) electrons. The van der Waals surface area contributed by atoms with Crippen LogP contribution in [0.3, 0.4) is 0 Å². The highest BCUT2D eigenvalue weighted by Crippen LogP contribution is 2.31. The van der Waals surface area contributed by atoms with E-state index in [4.69, 9.17) is 15.2 Å². The van der Waals surface area contributed by atoms with Gasteiger partial charge in [0.1, 0.15) is 11.5 Å². The summed E-state index contributed by atoms with van der Waals surface area (Å²) in [5, 5.41) is 0. The van der Waals surface area contributed by atoms with Crippen LogP contribution < -0.4 is 20.1 Å². The standard InChI is InChI=1S/C22H28N2O3/c1-14-10-18(27-4)11-15(2)19(14)13-20(23)22(25)24-9-5-6-16-12-17(26-3)7-8-21(16)24/h7-8,10-12,20H,5-6,9,13,23H2,1-4H3. The lowest BCUT2D eigenvalue weighted by atomic mass is 9.94. The molecule has 0 saturated heterocycles. The first-order chi connectivity index (χ1) is 12.9. The zero-order valence-corrected chi connectivity index (χ0v) is 16.5. The molecule has 1 amide bonds. The molecule has 144 valence electrons. The van der Waals surface area contributed by atoms with Crippen molar-refractivity contribution < 1.29 is 14.3 Å². The Hall–Kier alpha value is -2.53. The summed E-state index contributed by atoms with van der Waals surface area (Å²) < 4.78 is 10.6. The summed E-state index contributed by atoms with van der Waals surface area (Å²) in [6.07, 6.45) is 2.39. The SMILES string of the molecule is COc1cc(C)c(CC(N)C(=O)N2CCCc3cc(OC)ccc32)c(C)c1. The van der Waals surface area contributed by atoms with Crippen LogP contribution in [0, 0.1) is 13.8 Å². The number of fused-ring (bicyclic) bond motifs is 1. The Kier molecular flexibility index (Phi) is 5.71. The summed E-state index contributed by atoms with van der Waals surface area (Å²) in [5.74, 6) is 1.61. The molecule has 5 nitrogen and oxygen atoms in total. The first kappa shape index (κ1) is 19.2. The van der Waals surface area contributed by atoms with Crippen LogP contribution in [0.1, 0.15) is 28.7 Å². The fraction of sp³-hybridized carbons (Fsp3) is 0.409. The number of nitrogens with zero attached hydrogens (tertiary/aromatic N) is 1. The topological polar surface area (TPSA) is 64.8 Å². The fourth-order valence-corrected chi connectivity index (χ4v) is 3.83. The van der Waals surface area contributed by atoms with Gasteiger partial charge in [-0.2, -0.15) is 0 Å². The fourth-order valence-electron chi connectivity index (χ4n) is 3.83. The zero-order valence-electron chi connectivity index (χ0n) is 16.5. The lowest BCUT2D eigenvalue weighted by Gasteiger charge is -2.32. The molecule has 5 heteroatoms. The van der Waals surface area contributed by atoms with Gasteiger partial charge in [0.2, 0.25) is 5.91 Å². The van der Waals surface area contributed by atoms with Crippen LogP contribution >= 0.6 is 0 Å². The van der Waals surface area contributed by atoms with E-state index in [0.717, 1.165) is 52.3 Å². The molecule has 1 aliphatic rings. The van der Waals surface area contributed by atoms with Gasteiger partial charge >= 0.3 is 0 Å². The smallest absolute Gasteiger partial charge is 0.244 e. The van der Waals surface area contributed by atoms with E-state index < -0.39 is 6.04 Å². The van der Waals surface area contributed by atoms with Gasteiger partial charge in [0.15, 0.2) is 0 Å². The van der Waals surface area contributed by atoms with Crippen molar-refractivity contribution in [3.05, 3.63) is 52.6 Å². The molecule has 1 atom stereocenters. The summed E-state index contributed by atoms with van der Waals surface area (Å²) >= 11 is 0. The van der Waals surface area contributed by atoms with E-state index in [2.05, 4.69) is 0 Å². The highest BCUT2D eigenvalue weighted by atomic mass is 16.5. The van der Waals surface area contributed by atoms with Crippen LogP contribution in [0.25, 0.3) is 0 Å². The first-order valence-electron chi connectivity index (χ1n) is 9.32. The third kappa shape index (κ3) is 3.93. The molecule has 0 saturated carbocycles. The molecule has 2 N–H and O–H groups in total. The number of methoxy groups -OCH3 is 2. The molecular weight excluding hydrogens is 340 g/mol. The molecule has 3 rings (SSSR count). The van der Waals surface area contributed by atoms with Gasteiger partial charge < -0.3 is 20.1 Å². The van der Waals surface area contributed by atoms with E-state index in [1.54, 1.807) is 14.2 Å². The quantitative estimate of drug-likeness (QED) is 0.880. The number of benzene rings is 2. The molecule has 0 spiro atoms. The molecule has 27 heavy (non-hydrogen) atoms. The Morgan fingerprint density at radius 1 is 1.11 bits per heavy atom. The van der Waals surface area contributed by atoms with Crippen molar-refractivity contribution in [3.63, 3.8) is 0 Å². The monoisotopic (exact) mass is 368 g/mol. The number of carbonyl (C=O) groups excluding carboxylic acids is 1. The molecule has 1 unspecified atom stereocenters. The Bertz CT molecular complexity index is 824. The third-order valence-corrected chi connectivity index (χ3v) is 5.32. The molecule has 2 aromatic rings. The maximum atomic E-state index is 13.1. The van der Waals surface area contributed by atoms with Crippen molar-refractivity contribution in [1.82, 2.24) is 0 Å². The number of ether oxygens (including phenoxy) is 2.